The molecule has 0 radical (unpaired) electrons. The lowest BCUT2D eigenvalue weighted by atomic mass is 9.32. The molecule has 12 rings (SSSR count). The van der Waals surface area contributed by atoms with Crippen LogP contribution in [0.2, 0.25) is 0 Å². The molecular weight excluding hydrogens is 1260 g/mol. The first-order chi connectivity index (χ1) is 45.2. The summed E-state index contributed by atoms with van der Waals surface area (Å²) in [7, 11) is 2.83. The molecule has 0 unspecified atom stereocenters. The molecule has 2 aliphatic heterocycles. The summed E-state index contributed by atoms with van der Waals surface area (Å²) in [6.45, 7) is 21.1. The SMILES string of the molecule is COC[C@@H]1O[C@H](OC[C@@]23CC[C@@H](C)[C@@](C)(O)[C@H]2C2=CC[C@@H]4[C@@]5(C)C[C@@H](O)[C@@H](OC(=O)[C@]6(C)[C@@H](O)[C@H](O)C[C@]7(C)[C@H]8CC=C9[C@H]%10[C@@](C(=O)O[C@H]%11O[C@@H](COC)[C@H](O)[C@H](O)[C@H]%11O)(CC[C@@H](C)[C@@]%10(C)O)CC[C@]9(C)[C@@]8(C)CC[C@@H]76)[C@](CO)(C(=O)O)[C@H]5CC[C@]4(C)[C@@]2(C)CC3)[C@H](O)[C@@H](O)[C@H]1O. The van der Waals surface area contributed by atoms with Crippen molar-refractivity contribution in [3.8, 4) is 0 Å². The number of esters is 2. The average Bonchev–Trinajstić information content (AvgIpc) is 0.673. The first-order valence-electron chi connectivity index (χ1n) is 36.3. The number of carbonyl (C=O) groups excluding carboxylic acids is 2. The quantitative estimate of drug-likeness (QED) is 0.0906. The summed E-state index contributed by atoms with van der Waals surface area (Å²) >= 11 is 0. The third kappa shape index (κ3) is 10.0. The fraction of sp³-hybridized carbons (Fsp3) is 0.905. The number of methoxy groups -OCH3 is 2. The number of carboxylic acid groups (broad SMARTS) is 1. The minimum absolute atomic E-state index is 0.00917. The lowest BCUT2D eigenvalue weighted by Gasteiger charge is -2.72. The summed E-state index contributed by atoms with van der Waals surface area (Å²) in [5.74, 6) is -6.75. The maximum absolute atomic E-state index is 15.9. The Balaban J connectivity index is 0.826. The second kappa shape index (κ2) is 24.7. The zero-order valence-electron chi connectivity index (χ0n) is 59.4. The van der Waals surface area contributed by atoms with Crippen LogP contribution in [0.25, 0.3) is 0 Å². The molecule has 13 N–H and O–H groups in total. The number of carbonyl (C=O) groups is 3. The molecule has 0 aromatic heterocycles. The van der Waals surface area contributed by atoms with Crippen LogP contribution in [0.4, 0.5) is 0 Å². The first-order valence-corrected chi connectivity index (χ1v) is 36.3. The summed E-state index contributed by atoms with van der Waals surface area (Å²) in [5.41, 5.74) is -11.1. The van der Waals surface area contributed by atoms with Gasteiger partial charge in [-0.3, -0.25) is 14.4 Å². The maximum Gasteiger partial charge on any atom is 0.316 e. The second-order valence-corrected chi connectivity index (χ2v) is 35.6. The molecule has 8 saturated carbocycles. The molecule has 23 heteroatoms. The van der Waals surface area contributed by atoms with Crippen molar-refractivity contribution in [1.29, 1.82) is 0 Å². The highest BCUT2D eigenvalue weighted by atomic mass is 16.7. The van der Waals surface area contributed by atoms with Crippen molar-refractivity contribution in [2.24, 2.45) is 101 Å². The van der Waals surface area contributed by atoms with Gasteiger partial charge in [-0.2, -0.15) is 0 Å². The van der Waals surface area contributed by atoms with Gasteiger partial charge in [0.2, 0.25) is 6.29 Å². The molecule has 0 bridgehead atoms. The van der Waals surface area contributed by atoms with E-state index in [1.807, 2.05) is 27.7 Å². The fourth-order valence-corrected chi connectivity index (χ4v) is 25.5. The Kier molecular flexibility index (Phi) is 18.8. The van der Waals surface area contributed by atoms with Gasteiger partial charge in [-0.05, 0) is 192 Å². The van der Waals surface area contributed by atoms with Crippen LogP contribution in [0.1, 0.15) is 179 Å². The molecule has 2 saturated heterocycles. The van der Waals surface area contributed by atoms with E-state index in [9.17, 15) is 71.2 Å². The predicted molar refractivity (Wildman–Crippen MR) is 346 cm³/mol. The molecule has 0 aromatic carbocycles. The van der Waals surface area contributed by atoms with Gasteiger partial charge in [-0.15, -0.1) is 0 Å². The summed E-state index contributed by atoms with van der Waals surface area (Å²) in [6, 6.07) is 0. The van der Waals surface area contributed by atoms with E-state index >= 15 is 9.59 Å². The number of carboxylic acids is 1. The van der Waals surface area contributed by atoms with E-state index in [4.69, 9.17) is 33.2 Å². The van der Waals surface area contributed by atoms with Crippen LogP contribution < -0.4 is 0 Å². The van der Waals surface area contributed by atoms with Crippen LogP contribution in [0.3, 0.4) is 0 Å². The lowest BCUT2D eigenvalue weighted by molar-refractivity contribution is -0.313. The van der Waals surface area contributed by atoms with Crippen LogP contribution in [0.5, 0.6) is 0 Å². The Morgan fingerprint density at radius 3 is 1.57 bits per heavy atom. The lowest BCUT2D eigenvalue weighted by Crippen LogP contribution is -2.72. The highest BCUT2D eigenvalue weighted by Gasteiger charge is 2.78. The minimum atomic E-state index is -2.23. The third-order valence-electron chi connectivity index (χ3n) is 31.8. The number of hydrogen-bond donors (Lipinski definition) is 13. The van der Waals surface area contributed by atoms with Gasteiger partial charge in [0.05, 0.1) is 66.8 Å². The average molecular weight is 1370 g/mol. The molecular formula is C74H116O23. The zero-order valence-corrected chi connectivity index (χ0v) is 59.4. The second-order valence-electron chi connectivity index (χ2n) is 35.6. The maximum atomic E-state index is 15.9. The summed E-state index contributed by atoms with van der Waals surface area (Å²) < 4.78 is 41.6. The van der Waals surface area contributed by atoms with Crippen molar-refractivity contribution >= 4 is 17.9 Å². The number of hydrogen-bond acceptors (Lipinski definition) is 22. The number of aliphatic hydroxyl groups excluding tert-OH is 10. The van der Waals surface area contributed by atoms with E-state index in [2.05, 4.69) is 46.8 Å². The number of aliphatic hydroxyl groups is 12. The molecule has 97 heavy (non-hydrogen) atoms. The number of ether oxygens (including phenoxy) is 7. The van der Waals surface area contributed by atoms with Crippen LogP contribution in [-0.2, 0) is 47.5 Å². The molecule has 10 fully saturated rings. The molecule has 550 valence electrons. The van der Waals surface area contributed by atoms with Crippen molar-refractivity contribution in [1.82, 2.24) is 0 Å². The van der Waals surface area contributed by atoms with Gasteiger partial charge in [-0.25, -0.2) is 0 Å². The van der Waals surface area contributed by atoms with E-state index in [0.717, 1.165) is 11.1 Å². The van der Waals surface area contributed by atoms with Gasteiger partial charge >= 0.3 is 17.9 Å². The van der Waals surface area contributed by atoms with Crippen LogP contribution >= 0.6 is 0 Å². The van der Waals surface area contributed by atoms with Crippen LogP contribution in [0.15, 0.2) is 23.3 Å². The number of rotatable bonds is 13. The topological polar surface area (TPSA) is 379 Å². The van der Waals surface area contributed by atoms with Gasteiger partial charge in [-0.1, -0.05) is 78.7 Å². The number of fused-ring (bicyclic) bond motifs is 14. The highest BCUT2D eigenvalue weighted by molar-refractivity contribution is 5.82. The standard InChI is InChI=1S/C74H116O23/c1-36-18-24-72(35-93-58-52(82)50(80)48(78)42(94-58)32-91-12)28-26-65(5)38(54(72)70(36,10)89)14-16-45-64(4)31-41(77)57(74(34-75,60(85)86)47(64)21-23-68(45,65)8)96-61(87)69(9)46-20-22-67(7)44(63(46,3)30-40(76)56(69)84)17-15-39-55-71(11,90)37(2)19-25-73(55,29-27-66(39,67)6)62(88)97-59-53(83)51(81)49(79)43(95-59)33-92-13/h14-15,36-37,40-59,75-84,89-90H,16-35H2,1-13H3,(H,85,86)/t36-,37-,40-,41-,42+,43+,44-,45-,46+,47+,48+,49+,50+,51+,52-,53-,54-,55-,56+,57-,58+,59-,63-,64-,65+,66+,67+,68+,69+,70-,71-,72+,73-,74-/m1/s1. The molecule has 23 nitrogen and oxygen atoms in total. The third-order valence-corrected chi connectivity index (χ3v) is 31.8. The van der Waals surface area contributed by atoms with Gasteiger partial charge < -0.3 is 99.5 Å². The molecule has 2 heterocycles. The van der Waals surface area contributed by atoms with Crippen LogP contribution in [0, 0.1) is 101 Å². The van der Waals surface area contributed by atoms with Crippen molar-refractivity contribution in [3.63, 3.8) is 0 Å². The Labute approximate surface area is 571 Å². The fourth-order valence-electron chi connectivity index (χ4n) is 25.5. The summed E-state index contributed by atoms with van der Waals surface area (Å²) in [6.07, 6.45) is -9.95. The Morgan fingerprint density at radius 2 is 1.02 bits per heavy atom. The highest BCUT2D eigenvalue weighted by Crippen LogP contribution is 2.79. The van der Waals surface area contributed by atoms with Gasteiger partial charge in [0.1, 0.15) is 60.4 Å². The molecule has 0 spiro atoms. The molecule has 34 atom stereocenters. The zero-order chi connectivity index (χ0) is 71.1. The van der Waals surface area contributed by atoms with E-state index in [0.29, 0.717) is 77.0 Å². The largest absolute Gasteiger partial charge is 0.481 e. The van der Waals surface area contributed by atoms with E-state index < -0.39 is 199 Å². The van der Waals surface area contributed by atoms with Gasteiger partial charge in [0.25, 0.3) is 0 Å². The first kappa shape index (κ1) is 73.9. The van der Waals surface area contributed by atoms with Crippen molar-refractivity contribution < 1.29 is 114 Å². The Morgan fingerprint density at radius 1 is 0.536 bits per heavy atom. The number of aliphatic carboxylic acids is 1. The molecule has 0 amide bonds. The van der Waals surface area contributed by atoms with Crippen molar-refractivity contribution in [2.75, 3.05) is 40.6 Å². The number of allylic oxidation sites excluding steroid dienone is 2. The molecule has 0 aromatic rings. The molecule has 12 aliphatic rings. The van der Waals surface area contributed by atoms with Crippen molar-refractivity contribution in [2.45, 2.75) is 276 Å². The summed E-state index contributed by atoms with van der Waals surface area (Å²) in [4.78, 5) is 45.6. The Bertz CT molecular complexity index is 3080. The van der Waals surface area contributed by atoms with E-state index in [1.165, 1.54) is 14.2 Å². The van der Waals surface area contributed by atoms with Crippen LogP contribution in [-0.4, -0.2) is 222 Å². The van der Waals surface area contributed by atoms with Crippen molar-refractivity contribution in [3.05, 3.63) is 23.3 Å². The minimum Gasteiger partial charge on any atom is -0.481 e. The normalized spacial score (nSPS) is 56.2. The van der Waals surface area contributed by atoms with E-state index in [1.54, 1.807) is 13.8 Å². The van der Waals surface area contributed by atoms with Gasteiger partial charge in [0, 0.05) is 31.5 Å². The predicted octanol–water partition coefficient (Wildman–Crippen LogP) is 4.23. The monoisotopic (exact) mass is 1370 g/mol. The smallest absolute Gasteiger partial charge is 0.316 e. The van der Waals surface area contributed by atoms with E-state index in [-0.39, 0.29) is 69.2 Å². The Hall–Kier alpha value is -2.79. The van der Waals surface area contributed by atoms with Gasteiger partial charge in [0.15, 0.2) is 6.29 Å². The summed E-state index contributed by atoms with van der Waals surface area (Å²) in [5, 5.41) is 153. The molecule has 10 aliphatic carbocycles.